The molecule has 1 N–H and O–H groups in total. The van der Waals surface area contributed by atoms with Crippen LogP contribution >= 0.6 is 15.9 Å². The van der Waals surface area contributed by atoms with Crippen LogP contribution in [-0.2, 0) is 4.79 Å². The first-order valence-electron chi connectivity index (χ1n) is 5.80. The van der Waals surface area contributed by atoms with Gasteiger partial charge in [-0.25, -0.2) is 4.98 Å². The van der Waals surface area contributed by atoms with E-state index in [-0.39, 0.29) is 5.91 Å². The molecule has 1 amide bonds. The maximum absolute atomic E-state index is 11.7. The summed E-state index contributed by atoms with van der Waals surface area (Å²) < 4.78 is 0.947. The van der Waals surface area contributed by atoms with Crippen LogP contribution in [0.25, 0.3) is 0 Å². The van der Waals surface area contributed by atoms with Crippen molar-refractivity contribution in [3.05, 3.63) is 22.8 Å². The molecule has 0 spiro atoms. The first kappa shape index (κ1) is 14.0. The van der Waals surface area contributed by atoms with Crippen LogP contribution < -0.4 is 5.32 Å². The number of nitrogens with one attached hydrogen (secondary N) is 1. The number of amides is 1. The van der Waals surface area contributed by atoms with E-state index in [0.29, 0.717) is 13.0 Å². The molecule has 0 saturated heterocycles. The third-order valence-corrected chi connectivity index (χ3v) is 2.96. The molecular formula is C12H18BrN3O. The summed E-state index contributed by atoms with van der Waals surface area (Å²) in [6.45, 7) is 6.14. The number of anilines is 1. The number of halogens is 1. The zero-order valence-corrected chi connectivity index (χ0v) is 11.8. The van der Waals surface area contributed by atoms with Crippen molar-refractivity contribution in [3.63, 3.8) is 0 Å². The normalized spacial score (nSPS) is 10.1. The molecule has 1 rings (SSSR count). The summed E-state index contributed by atoms with van der Waals surface area (Å²) >= 11 is 3.32. The summed E-state index contributed by atoms with van der Waals surface area (Å²) in [6.07, 6.45) is 2.23. The van der Waals surface area contributed by atoms with Crippen LogP contribution in [0.5, 0.6) is 0 Å². The quantitative estimate of drug-likeness (QED) is 0.878. The highest BCUT2D eigenvalue weighted by Gasteiger charge is 2.08. The number of rotatable bonds is 6. The molecule has 5 heteroatoms. The van der Waals surface area contributed by atoms with E-state index in [4.69, 9.17) is 0 Å². The average molecular weight is 300 g/mol. The summed E-state index contributed by atoms with van der Waals surface area (Å²) in [5.41, 5.74) is 0. The van der Waals surface area contributed by atoms with E-state index < -0.39 is 0 Å². The van der Waals surface area contributed by atoms with E-state index in [1.165, 1.54) is 0 Å². The van der Waals surface area contributed by atoms with Gasteiger partial charge in [0.15, 0.2) is 0 Å². The number of carbonyl (C=O) groups is 1. The molecule has 17 heavy (non-hydrogen) atoms. The summed E-state index contributed by atoms with van der Waals surface area (Å²) in [6, 6.07) is 3.80. The molecule has 0 fully saturated rings. The van der Waals surface area contributed by atoms with Gasteiger partial charge in [-0.05, 0) is 41.9 Å². The number of nitrogens with zero attached hydrogens (tertiary/aromatic N) is 2. The Morgan fingerprint density at radius 2 is 2.12 bits per heavy atom. The highest BCUT2D eigenvalue weighted by atomic mass is 79.9. The zero-order valence-electron chi connectivity index (χ0n) is 10.2. The fourth-order valence-electron chi connectivity index (χ4n) is 1.51. The van der Waals surface area contributed by atoms with Crippen molar-refractivity contribution in [1.29, 1.82) is 0 Å². The second-order valence-electron chi connectivity index (χ2n) is 3.60. The Morgan fingerprint density at radius 3 is 2.65 bits per heavy atom. The molecule has 94 valence electrons. The largest absolute Gasteiger partial charge is 0.370 e. The van der Waals surface area contributed by atoms with Crippen LogP contribution in [0.3, 0.4) is 0 Å². The molecule has 0 aromatic carbocycles. The van der Waals surface area contributed by atoms with Crippen molar-refractivity contribution < 1.29 is 4.79 Å². The standard InChI is InChI=1S/C12H18BrN3O/c1-3-16(4-2)12(17)7-8-14-11-6-5-10(13)9-15-11/h5-6,9H,3-4,7-8H2,1-2H3,(H,14,15). The Balaban J connectivity index is 2.32. The van der Waals surface area contributed by atoms with Crippen molar-refractivity contribution in [2.75, 3.05) is 25.0 Å². The van der Waals surface area contributed by atoms with Crippen LogP contribution in [0.4, 0.5) is 5.82 Å². The summed E-state index contributed by atoms with van der Waals surface area (Å²) in [4.78, 5) is 17.7. The predicted octanol–water partition coefficient (Wildman–Crippen LogP) is 2.51. The van der Waals surface area contributed by atoms with Gasteiger partial charge in [0.25, 0.3) is 0 Å². The topological polar surface area (TPSA) is 45.2 Å². The Kier molecular flexibility index (Phi) is 5.97. The van der Waals surface area contributed by atoms with Crippen molar-refractivity contribution in [2.45, 2.75) is 20.3 Å². The van der Waals surface area contributed by atoms with Crippen LogP contribution in [-0.4, -0.2) is 35.4 Å². The van der Waals surface area contributed by atoms with Crippen molar-refractivity contribution in [3.8, 4) is 0 Å². The molecule has 0 atom stereocenters. The van der Waals surface area contributed by atoms with Gasteiger partial charge in [0, 0.05) is 36.7 Å². The van der Waals surface area contributed by atoms with Crippen molar-refractivity contribution in [2.24, 2.45) is 0 Å². The van der Waals surface area contributed by atoms with Gasteiger partial charge in [0.2, 0.25) is 5.91 Å². The lowest BCUT2D eigenvalue weighted by atomic mass is 10.3. The molecule has 0 aliphatic rings. The Morgan fingerprint density at radius 1 is 1.41 bits per heavy atom. The van der Waals surface area contributed by atoms with Gasteiger partial charge < -0.3 is 10.2 Å². The second kappa shape index (κ2) is 7.27. The van der Waals surface area contributed by atoms with Crippen LogP contribution in [0.2, 0.25) is 0 Å². The van der Waals surface area contributed by atoms with Crippen LogP contribution in [0.15, 0.2) is 22.8 Å². The molecule has 0 radical (unpaired) electrons. The molecule has 4 nitrogen and oxygen atoms in total. The van der Waals surface area contributed by atoms with E-state index in [1.54, 1.807) is 6.20 Å². The molecule has 1 aromatic heterocycles. The molecule has 1 heterocycles. The molecular weight excluding hydrogens is 282 g/mol. The van der Waals surface area contributed by atoms with Gasteiger partial charge in [0.05, 0.1) is 0 Å². The fraction of sp³-hybridized carbons (Fsp3) is 0.500. The summed E-state index contributed by atoms with van der Waals surface area (Å²) in [5.74, 6) is 0.972. The van der Waals surface area contributed by atoms with Gasteiger partial charge in [-0.15, -0.1) is 0 Å². The van der Waals surface area contributed by atoms with Gasteiger partial charge >= 0.3 is 0 Å². The fourth-order valence-corrected chi connectivity index (χ4v) is 1.75. The molecule has 0 aliphatic carbocycles. The second-order valence-corrected chi connectivity index (χ2v) is 4.52. The van der Waals surface area contributed by atoms with E-state index in [1.807, 2.05) is 30.9 Å². The predicted molar refractivity (Wildman–Crippen MR) is 73.0 cm³/mol. The molecule has 0 aliphatic heterocycles. The highest BCUT2D eigenvalue weighted by molar-refractivity contribution is 9.10. The monoisotopic (exact) mass is 299 g/mol. The third-order valence-electron chi connectivity index (χ3n) is 2.49. The maximum atomic E-state index is 11.7. The smallest absolute Gasteiger partial charge is 0.224 e. The van der Waals surface area contributed by atoms with Gasteiger partial charge in [-0.1, -0.05) is 0 Å². The van der Waals surface area contributed by atoms with E-state index >= 15 is 0 Å². The Hall–Kier alpha value is -1.10. The first-order valence-corrected chi connectivity index (χ1v) is 6.59. The third kappa shape index (κ3) is 4.73. The van der Waals surface area contributed by atoms with Gasteiger partial charge in [-0.2, -0.15) is 0 Å². The number of hydrogen-bond donors (Lipinski definition) is 1. The lowest BCUT2D eigenvalue weighted by Gasteiger charge is -2.18. The number of hydrogen-bond acceptors (Lipinski definition) is 3. The number of pyridine rings is 1. The SMILES string of the molecule is CCN(CC)C(=O)CCNc1ccc(Br)cn1. The minimum atomic E-state index is 0.180. The lowest BCUT2D eigenvalue weighted by Crippen LogP contribution is -2.31. The summed E-state index contributed by atoms with van der Waals surface area (Å²) in [5, 5.41) is 3.13. The maximum Gasteiger partial charge on any atom is 0.224 e. The lowest BCUT2D eigenvalue weighted by molar-refractivity contribution is -0.130. The number of aromatic nitrogens is 1. The number of carbonyl (C=O) groups excluding carboxylic acids is 1. The Bertz CT molecular complexity index is 349. The molecule has 0 saturated carbocycles. The summed E-state index contributed by atoms with van der Waals surface area (Å²) in [7, 11) is 0. The van der Waals surface area contributed by atoms with Crippen LogP contribution in [0, 0.1) is 0 Å². The van der Waals surface area contributed by atoms with E-state index in [9.17, 15) is 4.79 Å². The van der Waals surface area contributed by atoms with Crippen molar-refractivity contribution >= 4 is 27.7 Å². The minimum Gasteiger partial charge on any atom is -0.370 e. The van der Waals surface area contributed by atoms with Gasteiger partial charge in [0.1, 0.15) is 5.82 Å². The highest BCUT2D eigenvalue weighted by Crippen LogP contribution is 2.10. The molecule has 0 unspecified atom stereocenters. The van der Waals surface area contributed by atoms with Crippen molar-refractivity contribution in [1.82, 2.24) is 9.88 Å². The van der Waals surface area contributed by atoms with E-state index in [0.717, 1.165) is 23.4 Å². The molecule has 0 bridgehead atoms. The van der Waals surface area contributed by atoms with Crippen LogP contribution in [0.1, 0.15) is 20.3 Å². The van der Waals surface area contributed by atoms with E-state index in [2.05, 4.69) is 26.2 Å². The first-order chi connectivity index (χ1) is 8.17. The Labute approximate surface area is 111 Å². The average Bonchev–Trinajstić information content (AvgIpc) is 2.33. The minimum absolute atomic E-state index is 0.180. The van der Waals surface area contributed by atoms with Gasteiger partial charge in [-0.3, -0.25) is 4.79 Å². The molecule has 1 aromatic rings. The zero-order chi connectivity index (χ0) is 12.7.